The number of pyridine rings is 1. The fraction of sp³-hybridized carbons (Fsp3) is 0.200. The van der Waals surface area contributed by atoms with Crippen LogP contribution in [-0.4, -0.2) is 17.3 Å². The van der Waals surface area contributed by atoms with E-state index >= 15 is 0 Å². The van der Waals surface area contributed by atoms with E-state index in [9.17, 15) is 9.59 Å². The highest BCUT2D eigenvalue weighted by Gasteiger charge is 2.05. The maximum Gasteiger partial charge on any atom is 0.421 e. The van der Waals surface area contributed by atoms with Gasteiger partial charge in [-0.2, -0.15) is 0 Å². The lowest BCUT2D eigenvalue weighted by atomic mass is 10.5. The summed E-state index contributed by atoms with van der Waals surface area (Å²) >= 11 is 0. The summed E-state index contributed by atoms with van der Waals surface area (Å²) in [5.74, 6) is 2.32. The minimum Gasteiger partial charge on any atom is -0.448 e. The summed E-state index contributed by atoms with van der Waals surface area (Å²) in [7, 11) is 0. The SMILES string of the molecule is C#CCCOC(=O)n1ccccc1=O. The molecule has 0 fully saturated rings. The number of rotatable bonds is 2. The van der Waals surface area contributed by atoms with Crippen molar-refractivity contribution < 1.29 is 9.53 Å². The first kappa shape index (κ1) is 10.1. The molecule has 0 N–H and O–H groups in total. The molecule has 4 nitrogen and oxygen atoms in total. The highest BCUT2D eigenvalue weighted by molar-refractivity contribution is 5.70. The van der Waals surface area contributed by atoms with E-state index in [4.69, 9.17) is 11.2 Å². The third-order valence-corrected chi connectivity index (χ3v) is 1.49. The topological polar surface area (TPSA) is 48.3 Å². The zero-order valence-electron chi connectivity index (χ0n) is 7.47. The molecule has 0 saturated heterocycles. The van der Waals surface area contributed by atoms with Crippen LogP contribution in [0.4, 0.5) is 4.79 Å². The molecule has 0 aliphatic carbocycles. The molecule has 0 spiro atoms. The van der Waals surface area contributed by atoms with Crippen molar-refractivity contribution in [3.05, 3.63) is 34.7 Å². The Bertz CT molecular complexity index is 414. The molecule has 1 rings (SSSR count). The summed E-state index contributed by atoms with van der Waals surface area (Å²) in [6.07, 6.45) is 5.96. The summed E-state index contributed by atoms with van der Waals surface area (Å²) in [6.45, 7) is 0.122. The van der Waals surface area contributed by atoms with Gasteiger partial charge in [0.05, 0.1) is 0 Å². The second kappa shape index (κ2) is 4.87. The Morgan fingerprint density at radius 2 is 2.36 bits per heavy atom. The molecule has 1 heterocycles. The van der Waals surface area contributed by atoms with E-state index in [1.165, 1.54) is 12.3 Å². The Morgan fingerprint density at radius 3 is 3.00 bits per heavy atom. The first-order valence-electron chi connectivity index (χ1n) is 4.04. The quantitative estimate of drug-likeness (QED) is 0.514. The molecule has 1 aromatic rings. The number of carbonyl (C=O) groups excluding carboxylic acids is 1. The lowest BCUT2D eigenvalue weighted by Gasteiger charge is -2.03. The molecule has 1 aromatic heterocycles. The molecule has 72 valence electrons. The van der Waals surface area contributed by atoms with Gasteiger partial charge in [0, 0.05) is 18.7 Å². The van der Waals surface area contributed by atoms with E-state index in [2.05, 4.69) is 5.92 Å². The maximum atomic E-state index is 11.2. The van der Waals surface area contributed by atoms with Crippen molar-refractivity contribution in [2.75, 3.05) is 6.61 Å². The number of terminal acetylenes is 1. The second-order valence-electron chi connectivity index (χ2n) is 2.48. The number of nitrogens with zero attached hydrogens (tertiary/aromatic N) is 1. The molecular formula is C10H9NO3. The normalized spacial score (nSPS) is 9.07. The van der Waals surface area contributed by atoms with E-state index < -0.39 is 11.7 Å². The Kier molecular flexibility index (Phi) is 3.50. The molecule has 0 aliphatic rings. The Labute approximate surface area is 81.1 Å². The number of ether oxygens (including phenoxy) is 1. The van der Waals surface area contributed by atoms with Gasteiger partial charge in [0.2, 0.25) is 0 Å². The van der Waals surface area contributed by atoms with Crippen molar-refractivity contribution in [1.82, 2.24) is 4.57 Å². The van der Waals surface area contributed by atoms with Crippen LogP contribution in [0.2, 0.25) is 0 Å². The van der Waals surface area contributed by atoms with Gasteiger partial charge in [0.15, 0.2) is 0 Å². The summed E-state index contributed by atoms with van der Waals surface area (Å²) < 4.78 is 5.62. The lowest BCUT2D eigenvalue weighted by Crippen LogP contribution is -2.26. The zero-order chi connectivity index (χ0) is 10.4. The highest BCUT2D eigenvalue weighted by Crippen LogP contribution is 1.88. The minimum absolute atomic E-state index is 0.122. The van der Waals surface area contributed by atoms with Gasteiger partial charge in [0.1, 0.15) is 6.61 Å². The molecule has 4 heteroatoms. The van der Waals surface area contributed by atoms with Gasteiger partial charge in [-0.1, -0.05) is 6.07 Å². The third kappa shape index (κ3) is 2.49. The molecule has 0 amide bonds. The van der Waals surface area contributed by atoms with Crippen molar-refractivity contribution in [3.63, 3.8) is 0 Å². The Balaban J connectivity index is 2.67. The van der Waals surface area contributed by atoms with Gasteiger partial charge in [-0.15, -0.1) is 12.3 Å². The molecule has 0 aromatic carbocycles. The molecule has 0 unspecified atom stereocenters. The highest BCUT2D eigenvalue weighted by atomic mass is 16.5. The van der Waals surface area contributed by atoms with Crippen LogP contribution in [0.1, 0.15) is 6.42 Å². The van der Waals surface area contributed by atoms with Crippen molar-refractivity contribution in [1.29, 1.82) is 0 Å². The van der Waals surface area contributed by atoms with Gasteiger partial charge in [-0.25, -0.2) is 9.36 Å². The van der Waals surface area contributed by atoms with Crippen LogP contribution in [0.15, 0.2) is 29.2 Å². The summed E-state index contributed by atoms with van der Waals surface area (Å²) in [5, 5.41) is 0. The lowest BCUT2D eigenvalue weighted by molar-refractivity contribution is 0.149. The van der Waals surface area contributed by atoms with E-state index in [1.54, 1.807) is 12.1 Å². The summed E-state index contributed by atoms with van der Waals surface area (Å²) in [6, 6.07) is 4.40. The number of hydrogen-bond donors (Lipinski definition) is 0. The summed E-state index contributed by atoms with van der Waals surface area (Å²) in [4.78, 5) is 22.3. The van der Waals surface area contributed by atoms with E-state index in [0.717, 1.165) is 4.57 Å². The number of carbonyl (C=O) groups is 1. The Hall–Kier alpha value is -2.02. The molecule has 0 atom stereocenters. The van der Waals surface area contributed by atoms with E-state index in [-0.39, 0.29) is 6.61 Å². The largest absolute Gasteiger partial charge is 0.448 e. The standard InChI is InChI=1S/C10H9NO3/c1-2-3-8-14-10(13)11-7-5-4-6-9(11)12/h1,4-7H,3,8H2. The summed E-state index contributed by atoms with van der Waals surface area (Å²) in [5.41, 5.74) is -0.418. The molecule has 0 radical (unpaired) electrons. The van der Waals surface area contributed by atoms with Crippen LogP contribution in [0.25, 0.3) is 0 Å². The van der Waals surface area contributed by atoms with E-state index in [1.807, 2.05) is 0 Å². The van der Waals surface area contributed by atoms with Crippen LogP contribution in [0.3, 0.4) is 0 Å². The van der Waals surface area contributed by atoms with Gasteiger partial charge in [-0.05, 0) is 6.07 Å². The average molecular weight is 191 g/mol. The third-order valence-electron chi connectivity index (χ3n) is 1.49. The van der Waals surface area contributed by atoms with Crippen LogP contribution >= 0.6 is 0 Å². The van der Waals surface area contributed by atoms with Crippen LogP contribution < -0.4 is 5.56 Å². The smallest absolute Gasteiger partial charge is 0.421 e. The predicted molar refractivity (Wildman–Crippen MR) is 50.9 cm³/mol. The minimum atomic E-state index is -0.703. The first-order valence-corrected chi connectivity index (χ1v) is 4.04. The molecule has 0 bridgehead atoms. The van der Waals surface area contributed by atoms with Gasteiger partial charge < -0.3 is 4.74 Å². The van der Waals surface area contributed by atoms with Gasteiger partial charge in [0.25, 0.3) is 5.56 Å². The van der Waals surface area contributed by atoms with Crippen molar-refractivity contribution in [2.24, 2.45) is 0 Å². The predicted octanol–water partition coefficient (Wildman–Crippen LogP) is 0.856. The molecule has 0 aliphatic heterocycles. The molecule has 14 heavy (non-hydrogen) atoms. The number of hydrogen-bond acceptors (Lipinski definition) is 3. The van der Waals surface area contributed by atoms with Gasteiger partial charge >= 0.3 is 6.09 Å². The van der Waals surface area contributed by atoms with Crippen molar-refractivity contribution in [3.8, 4) is 12.3 Å². The van der Waals surface area contributed by atoms with Crippen molar-refractivity contribution in [2.45, 2.75) is 6.42 Å². The van der Waals surface area contributed by atoms with Crippen LogP contribution in [0, 0.1) is 12.3 Å². The van der Waals surface area contributed by atoms with Crippen LogP contribution in [-0.2, 0) is 4.74 Å². The Morgan fingerprint density at radius 1 is 1.57 bits per heavy atom. The number of aromatic nitrogens is 1. The zero-order valence-corrected chi connectivity index (χ0v) is 7.47. The maximum absolute atomic E-state index is 11.2. The van der Waals surface area contributed by atoms with Crippen molar-refractivity contribution >= 4 is 6.09 Å². The fourth-order valence-electron chi connectivity index (χ4n) is 0.845. The fourth-order valence-corrected chi connectivity index (χ4v) is 0.845. The molecular weight excluding hydrogens is 182 g/mol. The first-order chi connectivity index (χ1) is 6.75. The van der Waals surface area contributed by atoms with E-state index in [0.29, 0.717) is 6.42 Å². The average Bonchev–Trinajstić information content (AvgIpc) is 2.18. The monoisotopic (exact) mass is 191 g/mol. The van der Waals surface area contributed by atoms with Gasteiger partial charge in [-0.3, -0.25) is 4.79 Å². The van der Waals surface area contributed by atoms with Crippen LogP contribution in [0.5, 0.6) is 0 Å². The second-order valence-corrected chi connectivity index (χ2v) is 2.48. The molecule has 0 saturated carbocycles.